The number of rotatable bonds is 0. The summed E-state index contributed by atoms with van der Waals surface area (Å²) in [6.07, 6.45) is 0. The van der Waals surface area contributed by atoms with Crippen molar-refractivity contribution in [3.8, 4) is 6.07 Å². The average Bonchev–Trinajstić information content (AvgIpc) is 2.03. The minimum atomic E-state index is -0.0584. The van der Waals surface area contributed by atoms with Gasteiger partial charge in [0.2, 0.25) is 0 Å². The van der Waals surface area contributed by atoms with Crippen LogP contribution >= 0.6 is 0 Å². The number of hydrogen-bond acceptors (Lipinski definition) is 2. The Balaban J connectivity index is 3.35. The van der Waals surface area contributed by atoms with Crippen LogP contribution in [-0.2, 0) is 5.41 Å². The van der Waals surface area contributed by atoms with E-state index in [2.05, 4.69) is 31.8 Å². The maximum atomic E-state index is 8.88. The Morgan fingerprint density at radius 3 is 2.38 bits per heavy atom. The van der Waals surface area contributed by atoms with Gasteiger partial charge in [-0.2, -0.15) is 5.26 Å². The number of hydrogen-bond donors (Lipinski definition) is 0. The first-order valence-electron chi connectivity index (χ1n) is 4.33. The zero-order valence-electron chi connectivity index (χ0n) is 8.55. The van der Waals surface area contributed by atoms with Gasteiger partial charge >= 0.3 is 0 Å². The largest absolute Gasteiger partial charge is 0.256 e. The third-order valence-corrected chi connectivity index (χ3v) is 1.87. The molecule has 0 aliphatic carbocycles. The summed E-state index contributed by atoms with van der Waals surface area (Å²) in [4.78, 5) is 4.39. The van der Waals surface area contributed by atoms with Crippen molar-refractivity contribution < 1.29 is 0 Å². The van der Waals surface area contributed by atoms with Crippen LogP contribution < -0.4 is 0 Å². The van der Waals surface area contributed by atoms with E-state index in [1.807, 2.05) is 19.1 Å². The molecule has 0 radical (unpaired) electrons. The Labute approximate surface area is 79.2 Å². The second-order valence-electron chi connectivity index (χ2n) is 4.21. The van der Waals surface area contributed by atoms with Gasteiger partial charge in [-0.15, -0.1) is 0 Å². The van der Waals surface area contributed by atoms with Crippen molar-refractivity contribution in [2.75, 3.05) is 0 Å². The van der Waals surface area contributed by atoms with E-state index in [-0.39, 0.29) is 5.41 Å². The van der Waals surface area contributed by atoms with Crippen LogP contribution in [-0.4, -0.2) is 4.98 Å². The minimum Gasteiger partial charge on any atom is -0.256 e. The molecule has 0 amide bonds. The molecule has 0 N–H and O–H groups in total. The van der Waals surface area contributed by atoms with E-state index in [0.717, 1.165) is 11.4 Å². The van der Waals surface area contributed by atoms with Crippen LogP contribution in [0.4, 0.5) is 0 Å². The number of aromatic nitrogens is 1. The van der Waals surface area contributed by atoms with Crippen molar-refractivity contribution in [1.29, 1.82) is 5.26 Å². The normalized spacial score (nSPS) is 11.0. The highest BCUT2D eigenvalue weighted by Gasteiger charge is 2.19. The fourth-order valence-corrected chi connectivity index (χ4v) is 1.22. The first-order valence-corrected chi connectivity index (χ1v) is 4.33. The highest BCUT2D eigenvalue weighted by atomic mass is 14.7. The molecular weight excluding hydrogens is 160 g/mol. The summed E-state index contributed by atoms with van der Waals surface area (Å²) in [6, 6.07) is 5.87. The van der Waals surface area contributed by atoms with Crippen LogP contribution in [0.25, 0.3) is 0 Å². The molecule has 1 aromatic rings. The first kappa shape index (κ1) is 9.73. The Morgan fingerprint density at radius 2 is 1.92 bits per heavy atom. The van der Waals surface area contributed by atoms with Crippen LogP contribution in [0.5, 0.6) is 0 Å². The van der Waals surface area contributed by atoms with E-state index in [4.69, 9.17) is 5.26 Å². The quantitative estimate of drug-likeness (QED) is 0.606. The van der Waals surface area contributed by atoms with Gasteiger partial charge < -0.3 is 0 Å². The Morgan fingerprint density at radius 1 is 1.31 bits per heavy atom. The molecule has 0 saturated heterocycles. The second kappa shape index (κ2) is 3.18. The molecule has 2 nitrogen and oxygen atoms in total. The molecule has 0 bridgehead atoms. The third kappa shape index (κ3) is 2.06. The summed E-state index contributed by atoms with van der Waals surface area (Å²) in [5.74, 6) is 0. The maximum Gasteiger partial charge on any atom is 0.101 e. The zero-order chi connectivity index (χ0) is 10.1. The van der Waals surface area contributed by atoms with Gasteiger partial charge in [-0.3, -0.25) is 4.98 Å². The topological polar surface area (TPSA) is 36.7 Å². The van der Waals surface area contributed by atoms with E-state index in [9.17, 15) is 0 Å². The number of aryl methyl sites for hydroxylation is 1. The second-order valence-corrected chi connectivity index (χ2v) is 4.21. The molecule has 1 heterocycles. The van der Waals surface area contributed by atoms with E-state index >= 15 is 0 Å². The molecule has 0 spiro atoms. The van der Waals surface area contributed by atoms with Gasteiger partial charge in [0.05, 0.1) is 11.3 Å². The molecule has 68 valence electrons. The molecule has 2 heteroatoms. The fourth-order valence-electron chi connectivity index (χ4n) is 1.22. The van der Waals surface area contributed by atoms with Crippen LogP contribution in [0.1, 0.15) is 37.7 Å². The zero-order valence-corrected chi connectivity index (χ0v) is 8.55. The van der Waals surface area contributed by atoms with Crippen LogP contribution in [0.2, 0.25) is 0 Å². The fraction of sp³-hybridized carbons (Fsp3) is 0.455. The van der Waals surface area contributed by atoms with E-state index in [1.54, 1.807) is 0 Å². The summed E-state index contributed by atoms with van der Waals surface area (Å²) in [5, 5.41) is 8.88. The monoisotopic (exact) mass is 174 g/mol. The van der Waals surface area contributed by atoms with E-state index in [1.165, 1.54) is 0 Å². The third-order valence-electron chi connectivity index (χ3n) is 1.87. The Hall–Kier alpha value is -1.36. The Bertz CT molecular complexity index is 353. The van der Waals surface area contributed by atoms with Crippen LogP contribution in [0.3, 0.4) is 0 Å². The molecule has 0 unspecified atom stereocenters. The summed E-state index contributed by atoms with van der Waals surface area (Å²) in [7, 11) is 0. The molecule has 0 atom stereocenters. The Kier molecular flexibility index (Phi) is 2.38. The lowest BCUT2D eigenvalue weighted by atomic mass is 9.88. The van der Waals surface area contributed by atoms with E-state index < -0.39 is 0 Å². The van der Waals surface area contributed by atoms with Gasteiger partial charge in [0.1, 0.15) is 6.07 Å². The average molecular weight is 174 g/mol. The lowest BCUT2D eigenvalue weighted by molar-refractivity contribution is 0.565. The maximum absolute atomic E-state index is 8.88. The number of pyridine rings is 1. The lowest BCUT2D eigenvalue weighted by Gasteiger charge is -2.19. The van der Waals surface area contributed by atoms with Gasteiger partial charge in [-0.05, 0) is 19.1 Å². The van der Waals surface area contributed by atoms with Crippen molar-refractivity contribution in [3.63, 3.8) is 0 Å². The highest BCUT2D eigenvalue weighted by Crippen LogP contribution is 2.23. The molecule has 0 fully saturated rings. The predicted molar refractivity (Wildman–Crippen MR) is 52.4 cm³/mol. The van der Waals surface area contributed by atoms with Gasteiger partial charge in [-0.25, -0.2) is 0 Å². The number of nitriles is 1. The van der Waals surface area contributed by atoms with Crippen molar-refractivity contribution in [3.05, 3.63) is 29.1 Å². The summed E-state index contributed by atoms with van der Waals surface area (Å²) < 4.78 is 0. The highest BCUT2D eigenvalue weighted by molar-refractivity contribution is 5.37. The summed E-state index contributed by atoms with van der Waals surface area (Å²) in [5.41, 5.74) is 2.47. The van der Waals surface area contributed by atoms with Crippen molar-refractivity contribution in [2.45, 2.75) is 33.1 Å². The predicted octanol–water partition coefficient (Wildman–Crippen LogP) is 2.56. The van der Waals surface area contributed by atoms with Crippen molar-refractivity contribution in [1.82, 2.24) is 4.98 Å². The molecule has 0 aromatic carbocycles. The van der Waals surface area contributed by atoms with Gasteiger partial charge in [0.25, 0.3) is 0 Å². The molecule has 0 aliphatic heterocycles. The molecule has 0 saturated carbocycles. The van der Waals surface area contributed by atoms with Crippen molar-refractivity contribution >= 4 is 0 Å². The minimum absolute atomic E-state index is 0.0584. The van der Waals surface area contributed by atoms with Gasteiger partial charge in [-0.1, -0.05) is 20.8 Å². The van der Waals surface area contributed by atoms with Gasteiger partial charge in [0, 0.05) is 11.1 Å². The SMILES string of the molecule is Cc1ccc(C#N)c(C(C)(C)C)n1. The van der Waals surface area contributed by atoms with Crippen LogP contribution in [0, 0.1) is 18.3 Å². The molecule has 0 aliphatic rings. The smallest absolute Gasteiger partial charge is 0.101 e. The molecular formula is C11H14N2. The number of nitrogens with zero attached hydrogens (tertiary/aromatic N) is 2. The molecule has 13 heavy (non-hydrogen) atoms. The van der Waals surface area contributed by atoms with E-state index in [0.29, 0.717) is 5.56 Å². The summed E-state index contributed by atoms with van der Waals surface area (Å²) in [6.45, 7) is 8.14. The lowest BCUT2D eigenvalue weighted by Crippen LogP contribution is -2.16. The standard InChI is InChI=1S/C11H14N2/c1-8-5-6-9(7-12)10(13-8)11(2,3)4/h5-6H,1-4H3. The first-order chi connectivity index (χ1) is 5.95. The molecule has 1 aromatic heterocycles. The van der Waals surface area contributed by atoms with Crippen molar-refractivity contribution in [2.24, 2.45) is 0 Å². The summed E-state index contributed by atoms with van der Waals surface area (Å²) >= 11 is 0. The molecule has 1 rings (SSSR count). The van der Waals surface area contributed by atoms with Crippen LogP contribution in [0.15, 0.2) is 12.1 Å². The van der Waals surface area contributed by atoms with Gasteiger partial charge in [0.15, 0.2) is 0 Å².